The van der Waals surface area contributed by atoms with Crippen molar-refractivity contribution < 1.29 is 18.6 Å². The summed E-state index contributed by atoms with van der Waals surface area (Å²) in [4.78, 5) is 11.3. The number of hydrogen-bond donors (Lipinski definition) is 1. The maximum Gasteiger partial charge on any atom is 0.165 e. The number of methoxy groups -OCH3 is 2. The number of likely N-dealkylation sites (tertiary alicyclic amines) is 1. The minimum atomic E-state index is -0.530. The maximum absolute atomic E-state index is 14.5. The second-order valence-corrected chi connectivity index (χ2v) is 9.57. The van der Waals surface area contributed by atoms with Crippen LogP contribution in [0.25, 0.3) is 10.9 Å². The summed E-state index contributed by atoms with van der Waals surface area (Å²) in [6.07, 6.45) is 7.15. The van der Waals surface area contributed by atoms with Crippen LogP contribution in [-0.4, -0.2) is 60.4 Å². The molecule has 2 aromatic carbocycles. The van der Waals surface area contributed by atoms with Gasteiger partial charge < -0.3 is 19.5 Å². The first-order chi connectivity index (χ1) is 17.1. The molecule has 0 unspecified atom stereocenters. The van der Waals surface area contributed by atoms with E-state index in [1.807, 2.05) is 12.1 Å². The number of rotatable bonds is 7. The zero-order valence-corrected chi connectivity index (χ0v) is 20.7. The highest BCUT2D eigenvalue weighted by molar-refractivity contribution is 6.31. The van der Waals surface area contributed by atoms with Gasteiger partial charge in [0, 0.05) is 37.7 Å². The average molecular weight is 501 g/mol. The molecule has 1 saturated heterocycles. The van der Waals surface area contributed by atoms with Gasteiger partial charge in [0.25, 0.3) is 0 Å². The predicted molar refractivity (Wildman–Crippen MR) is 134 cm³/mol. The topological polar surface area (TPSA) is 68.7 Å². The second-order valence-electron chi connectivity index (χ2n) is 9.16. The number of fused-ring (bicyclic) bond motifs is 1. The Morgan fingerprint density at radius 1 is 1.03 bits per heavy atom. The standard InChI is InChI=1S/C26H30ClFN4O3/c1-33-18-10-11-32(14-18)16-6-8-17(9-7-16)35-24-12-19-22(13-23(24)34-2)29-15-30-26(19)31-21-5-3-4-20(27)25(21)28/h3-5,12-13,15-18H,6-11,14H2,1-2H3,(H,29,30,31)/t16-,17+,18-/m1/s1. The molecule has 35 heavy (non-hydrogen) atoms. The summed E-state index contributed by atoms with van der Waals surface area (Å²) in [5, 5.41) is 3.80. The van der Waals surface area contributed by atoms with Gasteiger partial charge >= 0.3 is 0 Å². The lowest BCUT2D eigenvalue weighted by Crippen LogP contribution is -2.39. The van der Waals surface area contributed by atoms with Gasteiger partial charge in [-0.15, -0.1) is 0 Å². The molecule has 186 valence electrons. The largest absolute Gasteiger partial charge is 0.493 e. The van der Waals surface area contributed by atoms with E-state index in [0.717, 1.165) is 45.2 Å². The van der Waals surface area contributed by atoms with E-state index in [4.69, 9.17) is 25.8 Å². The molecule has 2 fully saturated rings. The van der Waals surface area contributed by atoms with Crippen molar-refractivity contribution >= 4 is 34.0 Å². The van der Waals surface area contributed by atoms with Crippen LogP contribution in [0.3, 0.4) is 0 Å². The van der Waals surface area contributed by atoms with Crippen molar-refractivity contribution in [2.24, 2.45) is 0 Å². The van der Waals surface area contributed by atoms with Crippen LogP contribution in [0.2, 0.25) is 5.02 Å². The molecule has 3 aromatic rings. The molecule has 9 heteroatoms. The molecule has 0 spiro atoms. The van der Waals surface area contributed by atoms with Crippen LogP contribution >= 0.6 is 11.6 Å². The fourth-order valence-corrected chi connectivity index (χ4v) is 5.30. The summed E-state index contributed by atoms with van der Waals surface area (Å²) >= 11 is 5.94. The van der Waals surface area contributed by atoms with Crippen LogP contribution in [0, 0.1) is 5.82 Å². The third-order valence-electron chi connectivity index (χ3n) is 7.09. The quantitative estimate of drug-likeness (QED) is 0.453. The number of anilines is 2. The Hall–Kier alpha value is -2.68. The molecule has 0 radical (unpaired) electrons. The number of nitrogens with zero attached hydrogens (tertiary/aromatic N) is 3. The van der Waals surface area contributed by atoms with E-state index < -0.39 is 5.82 Å². The molecule has 2 aliphatic rings. The molecule has 2 heterocycles. The number of ether oxygens (including phenoxy) is 3. The average Bonchev–Trinajstić information content (AvgIpc) is 3.37. The Labute approximate surface area is 209 Å². The molecule has 1 saturated carbocycles. The van der Waals surface area contributed by atoms with Crippen LogP contribution in [0.5, 0.6) is 11.5 Å². The number of aromatic nitrogens is 2. The Balaban J connectivity index is 1.33. The van der Waals surface area contributed by atoms with Crippen molar-refractivity contribution in [2.75, 3.05) is 32.6 Å². The Bertz CT molecular complexity index is 1190. The smallest absolute Gasteiger partial charge is 0.165 e. The molecule has 0 bridgehead atoms. The van der Waals surface area contributed by atoms with E-state index in [9.17, 15) is 4.39 Å². The minimum absolute atomic E-state index is 0.0429. The first-order valence-corrected chi connectivity index (χ1v) is 12.4. The van der Waals surface area contributed by atoms with Crippen LogP contribution in [0.4, 0.5) is 15.9 Å². The van der Waals surface area contributed by atoms with E-state index in [0.29, 0.717) is 40.4 Å². The van der Waals surface area contributed by atoms with E-state index >= 15 is 0 Å². The highest BCUT2D eigenvalue weighted by atomic mass is 35.5. The molecule has 1 atom stereocenters. The number of halogens is 2. The summed E-state index contributed by atoms with van der Waals surface area (Å²) in [6.45, 7) is 2.13. The van der Waals surface area contributed by atoms with E-state index in [1.54, 1.807) is 26.4 Å². The highest BCUT2D eigenvalue weighted by Gasteiger charge is 2.32. The molecule has 0 amide bonds. The molecule has 1 aromatic heterocycles. The first kappa shape index (κ1) is 24.0. The minimum Gasteiger partial charge on any atom is -0.493 e. The van der Waals surface area contributed by atoms with Crippen molar-refractivity contribution in [2.45, 2.75) is 50.4 Å². The molecule has 1 N–H and O–H groups in total. The summed E-state index contributed by atoms with van der Waals surface area (Å²) < 4.78 is 32.1. The zero-order valence-electron chi connectivity index (χ0n) is 20.0. The molecule has 7 nitrogen and oxygen atoms in total. The molecular formula is C26H30ClFN4O3. The van der Waals surface area contributed by atoms with Crippen LogP contribution in [0.15, 0.2) is 36.7 Å². The Kier molecular flexibility index (Phi) is 7.22. The van der Waals surface area contributed by atoms with E-state index in [1.165, 1.54) is 12.4 Å². The van der Waals surface area contributed by atoms with Gasteiger partial charge in [-0.05, 0) is 50.3 Å². The number of benzene rings is 2. The monoisotopic (exact) mass is 500 g/mol. The van der Waals surface area contributed by atoms with Crippen molar-refractivity contribution in [1.29, 1.82) is 0 Å². The Morgan fingerprint density at radius 3 is 2.60 bits per heavy atom. The third kappa shape index (κ3) is 5.15. The SMILES string of the molecule is COc1cc2ncnc(Nc3cccc(Cl)c3F)c2cc1O[C@H]1CC[C@@H](N2CC[C@@H](OC)C2)CC1. The summed E-state index contributed by atoms with van der Waals surface area (Å²) in [7, 11) is 3.42. The first-order valence-electron chi connectivity index (χ1n) is 12.0. The van der Waals surface area contributed by atoms with Crippen molar-refractivity contribution in [3.8, 4) is 11.5 Å². The summed E-state index contributed by atoms with van der Waals surface area (Å²) in [5.74, 6) is 1.18. The predicted octanol–water partition coefficient (Wildman–Crippen LogP) is 5.59. The fourth-order valence-electron chi connectivity index (χ4n) is 5.13. The van der Waals surface area contributed by atoms with E-state index in [-0.39, 0.29) is 16.8 Å². The van der Waals surface area contributed by atoms with Crippen LogP contribution < -0.4 is 14.8 Å². The van der Waals surface area contributed by atoms with Gasteiger partial charge in [0.15, 0.2) is 17.3 Å². The maximum atomic E-state index is 14.5. The summed E-state index contributed by atoms with van der Waals surface area (Å²) in [5.41, 5.74) is 0.909. The molecular weight excluding hydrogens is 471 g/mol. The Morgan fingerprint density at radius 2 is 1.86 bits per heavy atom. The fraction of sp³-hybridized carbons (Fsp3) is 0.462. The number of nitrogens with one attached hydrogen (secondary N) is 1. The van der Waals surface area contributed by atoms with Gasteiger partial charge in [-0.2, -0.15) is 0 Å². The van der Waals surface area contributed by atoms with Gasteiger partial charge in [-0.25, -0.2) is 14.4 Å². The van der Waals surface area contributed by atoms with Gasteiger partial charge in [-0.1, -0.05) is 17.7 Å². The normalized spacial score (nSPS) is 22.9. The zero-order chi connectivity index (χ0) is 24.4. The van der Waals surface area contributed by atoms with Gasteiger partial charge in [-0.3, -0.25) is 4.90 Å². The third-order valence-corrected chi connectivity index (χ3v) is 7.38. The second kappa shape index (κ2) is 10.5. The van der Waals surface area contributed by atoms with Gasteiger partial charge in [0.05, 0.1) is 35.5 Å². The van der Waals surface area contributed by atoms with Crippen molar-refractivity contribution in [1.82, 2.24) is 14.9 Å². The van der Waals surface area contributed by atoms with E-state index in [2.05, 4.69) is 20.2 Å². The van der Waals surface area contributed by atoms with Gasteiger partial charge in [0.2, 0.25) is 0 Å². The van der Waals surface area contributed by atoms with Crippen molar-refractivity contribution in [3.63, 3.8) is 0 Å². The van der Waals surface area contributed by atoms with Crippen molar-refractivity contribution in [3.05, 3.63) is 47.5 Å². The molecule has 5 rings (SSSR count). The lowest BCUT2D eigenvalue weighted by Gasteiger charge is -2.34. The lowest BCUT2D eigenvalue weighted by atomic mass is 9.92. The highest BCUT2D eigenvalue weighted by Crippen LogP contribution is 2.38. The van der Waals surface area contributed by atoms with Gasteiger partial charge in [0.1, 0.15) is 12.1 Å². The molecule has 1 aliphatic heterocycles. The summed E-state index contributed by atoms with van der Waals surface area (Å²) in [6, 6.07) is 9.09. The van der Waals surface area contributed by atoms with Crippen LogP contribution in [-0.2, 0) is 4.74 Å². The van der Waals surface area contributed by atoms with Crippen LogP contribution in [0.1, 0.15) is 32.1 Å². The number of hydrogen-bond acceptors (Lipinski definition) is 7. The molecule has 1 aliphatic carbocycles. The lowest BCUT2D eigenvalue weighted by molar-refractivity contribution is 0.0752.